The number of nitrogen functional groups attached to an aromatic ring is 1. The Morgan fingerprint density at radius 1 is 1.45 bits per heavy atom. The Labute approximate surface area is 118 Å². The maximum atomic E-state index is 14.0. The Bertz CT molecular complexity index is 509. The Morgan fingerprint density at radius 3 is 2.60 bits per heavy atom. The number of rotatable bonds is 2. The number of amides is 1. The highest BCUT2D eigenvalue weighted by molar-refractivity contribution is 5.95. The Hall–Kier alpha value is -1.62. The summed E-state index contributed by atoms with van der Waals surface area (Å²) >= 11 is 0. The number of benzene rings is 1. The van der Waals surface area contributed by atoms with Crippen molar-refractivity contribution in [3.05, 3.63) is 29.1 Å². The Kier molecular flexibility index (Phi) is 4.28. The van der Waals surface area contributed by atoms with Gasteiger partial charge >= 0.3 is 0 Å². The first-order valence-electron chi connectivity index (χ1n) is 6.93. The predicted octanol–water partition coefficient (Wildman–Crippen LogP) is 1.95. The zero-order valence-electron chi connectivity index (χ0n) is 11.9. The monoisotopic (exact) mass is 280 g/mol. The van der Waals surface area contributed by atoms with Crippen LogP contribution in [0.1, 0.15) is 35.7 Å². The van der Waals surface area contributed by atoms with E-state index in [0.717, 1.165) is 12.8 Å². The van der Waals surface area contributed by atoms with E-state index in [1.165, 1.54) is 12.1 Å². The fourth-order valence-electron chi connectivity index (χ4n) is 2.71. The van der Waals surface area contributed by atoms with Gasteiger partial charge in [-0.1, -0.05) is 0 Å². The smallest absolute Gasteiger partial charge is 0.256 e. The van der Waals surface area contributed by atoms with Crippen LogP contribution in [-0.4, -0.2) is 35.1 Å². The number of nitrogens with zero attached hydrogens (tertiary/aromatic N) is 1. The molecule has 1 atom stereocenters. The minimum atomic E-state index is -0.498. The first kappa shape index (κ1) is 14.8. The van der Waals surface area contributed by atoms with E-state index in [1.807, 2.05) is 0 Å². The first-order chi connectivity index (χ1) is 9.40. The summed E-state index contributed by atoms with van der Waals surface area (Å²) in [7, 11) is 0. The van der Waals surface area contributed by atoms with Gasteiger partial charge in [0.15, 0.2) is 0 Å². The van der Waals surface area contributed by atoms with Crippen molar-refractivity contribution in [2.75, 3.05) is 18.8 Å². The van der Waals surface area contributed by atoms with Crippen molar-refractivity contribution in [3.8, 4) is 0 Å². The lowest BCUT2D eigenvalue weighted by molar-refractivity contribution is 0.0518. The number of carbonyl (C=O) groups excluding carboxylic acids is 1. The van der Waals surface area contributed by atoms with Gasteiger partial charge < -0.3 is 15.7 Å². The maximum absolute atomic E-state index is 14.0. The van der Waals surface area contributed by atoms with Crippen molar-refractivity contribution in [2.45, 2.75) is 32.8 Å². The molecular weight excluding hydrogens is 259 g/mol. The number of hydrogen-bond acceptors (Lipinski definition) is 3. The molecule has 0 radical (unpaired) electrons. The molecule has 1 aliphatic heterocycles. The molecule has 0 spiro atoms. The highest BCUT2D eigenvalue weighted by atomic mass is 19.1. The number of hydrogen-bond donors (Lipinski definition) is 2. The van der Waals surface area contributed by atoms with Crippen LogP contribution in [0.15, 0.2) is 12.1 Å². The van der Waals surface area contributed by atoms with Gasteiger partial charge in [-0.15, -0.1) is 0 Å². The number of piperidine rings is 1. The van der Waals surface area contributed by atoms with Crippen molar-refractivity contribution in [1.82, 2.24) is 4.90 Å². The van der Waals surface area contributed by atoms with Crippen LogP contribution >= 0.6 is 0 Å². The van der Waals surface area contributed by atoms with Crippen LogP contribution in [0.25, 0.3) is 0 Å². The molecule has 1 aliphatic rings. The molecule has 110 valence electrons. The molecule has 3 N–H and O–H groups in total. The van der Waals surface area contributed by atoms with Gasteiger partial charge in [-0.3, -0.25) is 4.79 Å². The minimum Gasteiger partial charge on any atom is -0.399 e. The topological polar surface area (TPSA) is 66.6 Å². The molecular formula is C15H21FN2O2. The maximum Gasteiger partial charge on any atom is 0.256 e. The molecule has 1 fully saturated rings. The third kappa shape index (κ3) is 2.93. The van der Waals surface area contributed by atoms with Gasteiger partial charge in [-0.25, -0.2) is 4.39 Å². The Morgan fingerprint density at radius 2 is 2.05 bits per heavy atom. The molecule has 20 heavy (non-hydrogen) atoms. The molecule has 4 nitrogen and oxygen atoms in total. The van der Waals surface area contributed by atoms with Crippen molar-refractivity contribution in [3.63, 3.8) is 0 Å². The molecule has 2 rings (SSSR count). The van der Waals surface area contributed by atoms with Crippen LogP contribution in [0.5, 0.6) is 0 Å². The van der Waals surface area contributed by atoms with Gasteiger partial charge in [0.25, 0.3) is 5.91 Å². The van der Waals surface area contributed by atoms with E-state index in [4.69, 9.17) is 5.73 Å². The number of halogens is 1. The second-order valence-corrected chi connectivity index (χ2v) is 5.57. The van der Waals surface area contributed by atoms with Crippen LogP contribution in [0.3, 0.4) is 0 Å². The van der Waals surface area contributed by atoms with E-state index >= 15 is 0 Å². The second kappa shape index (κ2) is 5.79. The van der Waals surface area contributed by atoms with Crippen molar-refractivity contribution in [2.24, 2.45) is 5.92 Å². The number of aryl methyl sites for hydroxylation is 1. The lowest BCUT2D eigenvalue weighted by Gasteiger charge is -2.33. The van der Waals surface area contributed by atoms with Crippen LogP contribution in [0, 0.1) is 18.7 Å². The molecule has 0 saturated carbocycles. The van der Waals surface area contributed by atoms with Crippen LogP contribution < -0.4 is 5.73 Å². The summed E-state index contributed by atoms with van der Waals surface area (Å²) in [5, 5.41) is 9.56. The van der Waals surface area contributed by atoms with E-state index in [9.17, 15) is 14.3 Å². The molecule has 1 unspecified atom stereocenters. The molecule has 1 amide bonds. The van der Waals surface area contributed by atoms with Gasteiger partial charge in [0.2, 0.25) is 0 Å². The van der Waals surface area contributed by atoms with E-state index in [0.29, 0.717) is 24.3 Å². The SMILES string of the molecule is Cc1cc(N)cc(C(=O)N2CCC(C(C)O)CC2)c1F. The summed E-state index contributed by atoms with van der Waals surface area (Å²) in [5.41, 5.74) is 6.50. The summed E-state index contributed by atoms with van der Waals surface area (Å²) in [5.74, 6) is -0.602. The standard InChI is InChI=1S/C15H21FN2O2/c1-9-7-12(17)8-13(14(9)16)15(20)18-5-3-11(4-6-18)10(2)19/h7-8,10-11,19H,3-6,17H2,1-2H3. The average molecular weight is 280 g/mol. The van der Waals surface area contributed by atoms with E-state index in [-0.39, 0.29) is 23.5 Å². The zero-order chi connectivity index (χ0) is 14.9. The van der Waals surface area contributed by atoms with Gasteiger partial charge in [-0.2, -0.15) is 0 Å². The highest BCUT2D eigenvalue weighted by Crippen LogP contribution is 2.24. The summed E-state index contributed by atoms with van der Waals surface area (Å²) in [6, 6.07) is 2.91. The summed E-state index contributed by atoms with van der Waals surface area (Å²) in [6.45, 7) is 4.45. The summed E-state index contributed by atoms with van der Waals surface area (Å²) in [4.78, 5) is 14.0. The molecule has 1 aromatic carbocycles. The van der Waals surface area contributed by atoms with Crippen molar-refractivity contribution >= 4 is 11.6 Å². The highest BCUT2D eigenvalue weighted by Gasteiger charge is 2.27. The molecule has 0 bridgehead atoms. The fraction of sp³-hybridized carbons (Fsp3) is 0.533. The lowest BCUT2D eigenvalue weighted by Crippen LogP contribution is -2.41. The minimum absolute atomic E-state index is 0.0398. The van der Waals surface area contributed by atoms with Gasteiger partial charge in [0.1, 0.15) is 5.82 Å². The summed E-state index contributed by atoms with van der Waals surface area (Å²) < 4.78 is 14.0. The van der Waals surface area contributed by atoms with Crippen LogP contribution in [0.4, 0.5) is 10.1 Å². The fourth-order valence-corrected chi connectivity index (χ4v) is 2.71. The Balaban J connectivity index is 2.13. The quantitative estimate of drug-likeness (QED) is 0.814. The molecule has 1 saturated heterocycles. The number of likely N-dealkylation sites (tertiary alicyclic amines) is 1. The van der Waals surface area contributed by atoms with Crippen LogP contribution in [0.2, 0.25) is 0 Å². The van der Waals surface area contributed by atoms with Gasteiger partial charge in [0.05, 0.1) is 11.7 Å². The molecule has 5 heteroatoms. The van der Waals surface area contributed by atoms with Crippen molar-refractivity contribution < 1.29 is 14.3 Å². The molecule has 0 aromatic heterocycles. The second-order valence-electron chi connectivity index (χ2n) is 5.57. The van der Waals surface area contributed by atoms with E-state index in [1.54, 1.807) is 18.7 Å². The largest absolute Gasteiger partial charge is 0.399 e. The third-order valence-corrected chi connectivity index (χ3v) is 4.02. The number of anilines is 1. The number of aliphatic hydroxyl groups is 1. The normalized spacial score (nSPS) is 18.1. The number of nitrogens with two attached hydrogens (primary N) is 1. The van der Waals surface area contributed by atoms with Gasteiger partial charge in [-0.05, 0) is 50.3 Å². The van der Waals surface area contributed by atoms with E-state index < -0.39 is 5.82 Å². The van der Waals surface area contributed by atoms with E-state index in [2.05, 4.69) is 0 Å². The third-order valence-electron chi connectivity index (χ3n) is 4.02. The lowest BCUT2D eigenvalue weighted by atomic mass is 9.92. The average Bonchev–Trinajstić information content (AvgIpc) is 2.42. The predicted molar refractivity (Wildman–Crippen MR) is 75.9 cm³/mol. The number of carbonyl (C=O) groups is 1. The molecule has 1 heterocycles. The first-order valence-corrected chi connectivity index (χ1v) is 6.93. The van der Waals surface area contributed by atoms with Gasteiger partial charge in [0, 0.05) is 18.8 Å². The van der Waals surface area contributed by atoms with Crippen LogP contribution in [-0.2, 0) is 0 Å². The molecule has 0 aliphatic carbocycles. The van der Waals surface area contributed by atoms with Crippen molar-refractivity contribution in [1.29, 1.82) is 0 Å². The molecule has 1 aromatic rings. The number of aliphatic hydroxyl groups excluding tert-OH is 1. The zero-order valence-corrected chi connectivity index (χ0v) is 11.9. The summed E-state index contributed by atoms with van der Waals surface area (Å²) in [6.07, 6.45) is 1.12.